The minimum absolute atomic E-state index is 0.128. The van der Waals surface area contributed by atoms with Gasteiger partial charge in [0.2, 0.25) is 5.91 Å². The summed E-state index contributed by atoms with van der Waals surface area (Å²) in [5.74, 6) is -0.704. The zero-order valence-electron chi connectivity index (χ0n) is 19.4. The highest BCUT2D eigenvalue weighted by molar-refractivity contribution is 7.92. The number of amides is 2. The van der Waals surface area contributed by atoms with Crippen LogP contribution >= 0.6 is 0 Å². The number of benzene rings is 2. The van der Waals surface area contributed by atoms with Gasteiger partial charge in [0, 0.05) is 52.4 Å². The first-order chi connectivity index (χ1) is 16.3. The zero-order valence-corrected chi connectivity index (χ0v) is 20.2. The van der Waals surface area contributed by atoms with E-state index in [2.05, 4.69) is 20.3 Å². The van der Waals surface area contributed by atoms with Gasteiger partial charge in [-0.05, 0) is 30.3 Å². The fourth-order valence-electron chi connectivity index (χ4n) is 3.59. The molecule has 0 unspecified atom stereocenters. The largest absolute Gasteiger partial charge is 0.383 e. The number of sulfonamides is 1. The van der Waals surface area contributed by atoms with Crippen molar-refractivity contribution in [1.29, 1.82) is 0 Å². The molecule has 3 rings (SSSR count). The molecule has 1 aliphatic heterocycles. The summed E-state index contributed by atoms with van der Waals surface area (Å²) >= 11 is 0. The van der Waals surface area contributed by atoms with E-state index in [1.807, 2.05) is 0 Å². The molecule has 11 heteroatoms. The lowest BCUT2D eigenvalue weighted by atomic mass is 10.1. The number of likely N-dealkylation sites (N-methyl/N-ethyl adjacent to an activating group) is 1. The summed E-state index contributed by atoms with van der Waals surface area (Å²) in [6.45, 7) is 3.54. The van der Waals surface area contributed by atoms with Crippen LogP contribution in [0.25, 0.3) is 0 Å². The molecule has 2 amide bonds. The first kappa shape index (κ1) is 25.5. The molecule has 1 aliphatic rings. The average Bonchev–Trinajstić information content (AvgIpc) is 2.84. The molecule has 0 aliphatic carbocycles. The van der Waals surface area contributed by atoms with Crippen LogP contribution in [0.4, 0.5) is 11.4 Å². The number of carbonyl (C=O) groups excluding carboxylic acids is 2. The molecule has 0 radical (unpaired) electrons. The predicted molar refractivity (Wildman–Crippen MR) is 131 cm³/mol. The van der Waals surface area contributed by atoms with E-state index in [4.69, 9.17) is 4.74 Å². The van der Waals surface area contributed by atoms with E-state index in [9.17, 15) is 18.0 Å². The van der Waals surface area contributed by atoms with Gasteiger partial charge in [0.05, 0.1) is 29.4 Å². The molecule has 0 atom stereocenters. The van der Waals surface area contributed by atoms with E-state index in [-0.39, 0.29) is 22.9 Å². The molecule has 34 heavy (non-hydrogen) atoms. The third-order valence-electron chi connectivity index (χ3n) is 5.35. The molecule has 1 saturated heterocycles. The van der Waals surface area contributed by atoms with E-state index in [0.29, 0.717) is 37.6 Å². The van der Waals surface area contributed by atoms with E-state index in [0.717, 1.165) is 13.1 Å². The molecule has 1 fully saturated rings. The van der Waals surface area contributed by atoms with Crippen LogP contribution < -0.4 is 20.3 Å². The first-order valence-electron chi connectivity index (χ1n) is 11.0. The Morgan fingerprint density at radius 1 is 1.12 bits per heavy atom. The Morgan fingerprint density at radius 3 is 2.50 bits per heavy atom. The molecule has 184 valence electrons. The fraction of sp³-hybridized carbons (Fsp3) is 0.391. The SMILES string of the molecule is COCCNC(=O)CN(C)C(=O)c1ccc(N2CCNCC2)c(NS(=O)(=O)c2ccccc2)c1. The van der Waals surface area contributed by atoms with Crippen molar-refractivity contribution in [2.45, 2.75) is 4.90 Å². The van der Waals surface area contributed by atoms with Crippen LogP contribution in [0.15, 0.2) is 53.4 Å². The summed E-state index contributed by atoms with van der Waals surface area (Å²) in [5.41, 5.74) is 1.28. The Hall–Kier alpha value is -3.15. The van der Waals surface area contributed by atoms with Gasteiger partial charge in [-0.1, -0.05) is 18.2 Å². The minimum Gasteiger partial charge on any atom is -0.383 e. The van der Waals surface area contributed by atoms with Gasteiger partial charge in [0.1, 0.15) is 0 Å². The van der Waals surface area contributed by atoms with Crippen molar-refractivity contribution in [2.75, 3.05) is 69.7 Å². The van der Waals surface area contributed by atoms with E-state index >= 15 is 0 Å². The van der Waals surface area contributed by atoms with E-state index in [1.165, 1.54) is 37.3 Å². The maximum absolute atomic E-state index is 13.0. The van der Waals surface area contributed by atoms with Crippen molar-refractivity contribution >= 4 is 33.2 Å². The van der Waals surface area contributed by atoms with Crippen LogP contribution in [0, 0.1) is 0 Å². The van der Waals surface area contributed by atoms with Crippen LogP contribution in [-0.2, 0) is 19.6 Å². The molecule has 0 saturated carbocycles. The third kappa shape index (κ3) is 6.69. The number of hydrogen-bond donors (Lipinski definition) is 3. The van der Waals surface area contributed by atoms with Crippen molar-refractivity contribution in [3.63, 3.8) is 0 Å². The lowest BCUT2D eigenvalue weighted by molar-refractivity contribution is -0.121. The Labute approximate surface area is 200 Å². The molecular weight excluding hydrogens is 458 g/mol. The Kier molecular flexibility index (Phi) is 8.85. The summed E-state index contributed by atoms with van der Waals surface area (Å²) < 4.78 is 33.6. The minimum atomic E-state index is -3.86. The van der Waals surface area contributed by atoms with E-state index < -0.39 is 15.9 Å². The second-order valence-corrected chi connectivity index (χ2v) is 9.57. The van der Waals surface area contributed by atoms with Gasteiger partial charge in [-0.25, -0.2) is 8.42 Å². The molecule has 0 aromatic heterocycles. The van der Waals surface area contributed by atoms with Gasteiger partial charge in [-0.15, -0.1) is 0 Å². The highest BCUT2D eigenvalue weighted by Gasteiger charge is 2.22. The fourth-order valence-corrected chi connectivity index (χ4v) is 4.68. The van der Waals surface area contributed by atoms with Gasteiger partial charge in [-0.2, -0.15) is 0 Å². The molecule has 2 aromatic carbocycles. The maximum Gasteiger partial charge on any atom is 0.261 e. The number of carbonyl (C=O) groups is 2. The Morgan fingerprint density at radius 2 is 1.82 bits per heavy atom. The predicted octanol–water partition coefficient (Wildman–Crippen LogP) is 0.732. The number of rotatable bonds is 10. The number of anilines is 2. The van der Waals surface area contributed by atoms with Crippen molar-refractivity contribution < 1.29 is 22.7 Å². The lowest BCUT2D eigenvalue weighted by Crippen LogP contribution is -2.44. The quantitative estimate of drug-likeness (QED) is 0.421. The topological polar surface area (TPSA) is 120 Å². The van der Waals surface area contributed by atoms with Crippen LogP contribution in [-0.4, -0.2) is 85.2 Å². The highest BCUT2D eigenvalue weighted by Crippen LogP contribution is 2.30. The molecular formula is C23H31N5O5S. The summed E-state index contributed by atoms with van der Waals surface area (Å²) in [5, 5.41) is 5.94. The van der Waals surface area contributed by atoms with Crippen LogP contribution in [0.5, 0.6) is 0 Å². The molecule has 2 aromatic rings. The number of nitrogens with zero attached hydrogens (tertiary/aromatic N) is 2. The monoisotopic (exact) mass is 489 g/mol. The number of piperazine rings is 1. The van der Waals surface area contributed by atoms with Crippen molar-refractivity contribution in [3.05, 3.63) is 54.1 Å². The average molecular weight is 490 g/mol. The standard InChI is InChI=1S/C23H31N5O5S/c1-27(17-22(29)25-12-15-33-2)23(30)18-8-9-21(28-13-10-24-11-14-28)20(16-18)26-34(31,32)19-6-4-3-5-7-19/h3-9,16,24,26H,10-15,17H2,1-2H3,(H,25,29). The van der Waals surface area contributed by atoms with Crippen molar-refractivity contribution in [3.8, 4) is 0 Å². The smallest absolute Gasteiger partial charge is 0.261 e. The van der Waals surface area contributed by atoms with Crippen molar-refractivity contribution in [2.24, 2.45) is 0 Å². The molecule has 1 heterocycles. The second-order valence-electron chi connectivity index (χ2n) is 7.89. The van der Waals surface area contributed by atoms with Gasteiger partial charge in [0.15, 0.2) is 0 Å². The molecule has 0 bridgehead atoms. The summed E-state index contributed by atoms with van der Waals surface area (Å²) in [7, 11) is -0.801. The lowest BCUT2D eigenvalue weighted by Gasteiger charge is -2.31. The molecule has 10 nitrogen and oxygen atoms in total. The summed E-state index contributed by atoms with van der Waals surface area (Å²) in [6.07, 6.45) is 0. The van der Waals surface area contributed by atoms with Gasteiger partial charge in [0.25, 0.3) is 15.9 Å². The number of nitrogens with one attached hydrogen (secondary N) is 3. The van der Waals surface area contributed by atoms with Crippen LogP contribution in [0.3, 0.4) is 0 Å². The van der Waals surface area contributed by atoms with E-state index in [1.54, 1.807) is 30.3 Å². The normalized spacial score (nSPS) is 13.9. The maximum atomic E-state index is 13.0. The highest BCUT2D eigenvalue weighted by atomic mass is 32.2. The van der Waals surface area contributed by atoms with Gasteiger partial charge >= 0.3 is 0 Å². The summed E-state index contributed by atoms with van der Waals surface area (Å²) in [4.78, 5) is 28.6. The summed E-state index contributed by atoms with van der Waals surface area (Å²) in [6, 6.07) is 13.0. The molecule has 0 spiro atoms. The third-order valence-corrected chi connectivity index (χ3v) is 6.74. The van der Waals surface area contributed by atoms with Gasteiger partial charge < -0.3 is 25.2 Å². The number of methoxy groups -OCH3 is 1. The number of hydrogen-bond acceptors (Lipinski definition) is 7. The van der Waals surface area contributed by atoms with Crippen LogP contribution in [0.1, 0.15) is 10.4 Å². The second kappa shape index (κ2) is 11.8. The van der Waals surface area contributed by atoms with Gasteiger partial charge in [-0.3, -0.25) is 14.3 Å². The first-order valence-corrected chi connectivity index (χ1v) is 12.5. The van der Waals surface area contributed by atoms with Crippen molar-refractivity contribution in [1.82, 2.24) is 15.5 Å². The number of ether oxygens (including phenoxy) is 1. The molecule has 3 N–H and O–H groups in total. The van der Waals surface area contributed by atoms with Crippen LogP contribution in [0.2, 0.25) is 0 Å². The Bertz CT molecular complexity index is 1090. The zero-order chi connectivity index (χ0) is 24.6. The Balaban J connectivity index is 1.85.